The van der Waals surface area contributed by atoms with Crippen LogP contribution in [0.1, 0.15) is 21.6 Å². The van der Waals surface area contributed by atoms with Gasteiger partial charge in [-0.3, -0.25) is 14.8 Å². The number of fused-ring (bicyclic) bond motifs is 1. The van der Waals surface area contributed by atoms with Crippen LogP contribution in [0.25, 0.3) is 22.0 Å². The lowest BCUT2D eigenvalue weighted by Crippen LogP contribution is -2.24. The normalized spacial score (nSPS) is 10.7. The maximum Gasteiger partial charge on any atom is 0.280 e. The average molecular weight is 354 g/mol. The summed E-state index contributed by atoms with van der Waals surface area (Å²) in [7, 11) is 0. The Morgan fingerprint density at radius 3 is 2.64 bits per heavy atom. The lowest BCUT2D eigenvalue weighted by atomic mass is 9.94. The van der Waals surface area contributed by atoms with Crippen molar-refractivity contribution in [2.45, 2.75) is 13.8 Å². The molecule has 4 N–H and O–H groups in total. The van der Waals surface area contributed by atoms with Crippen molar-refractivity contribution < 1.29 is 4.79 Å². The monoisotopic (exact) mass is 353 g/mol. The summed E-state index contributed by atoms with van der Waals surface area (Å²) in [6, 6.07) is 7.00. The third kappa shape index (κ3) is 3.16. The first-order chi connectivity index (χ1) is 11.9. The van der Waals surface area contributed by atoms with E-state index in [1.165, 1.54) is 0 Å². The summed E-state index contributed by atoms with van der Waals surface area (Å²) < 4.78 is 0. The SMILES string of the molecule is Cc1nc2ccc(C(=O)N=C(N)N)cc2c(-c2ccncc2Cl)c1C. The largest absolute Gasteiger partial charge is 0.370 e. The van der Waals surface area contributed by atoms with Crippen LogP contribution < -0.4 is 11.5 Å². The van der Waals surface area contributed by atoms with E-state index in [-0.39, 0.29) is 5.96 Å². The molecular weight excluding hydrogens is 338 g/mol. The van der Waals surface area contributed by atoms with E-state index >= 15 is 0 Å². The Balaban J connectivity index is 2.34. The van der Waals surface area contributed by atoms with Crippen LogP contribution >= 0.6 is 11.6 Å². The van der Waals surface area contributed by atoms with Gasteiger partial charge in [0, 0.05) is 34.6 Å². The number of carbonyl (C=O) groups is 1. The predicted octanol–water partition coefficient (Wildman–Crippen LogP) is 2.98. The zero-order chi connectivity index (χ0) is 18.1. The van der Waals surface area contributed by atoms with Crippen molar-refractivity contribution in [1.29, 1.82) is 0 Å². The average Bonchev–Trinajstić information content (AvgIpc) is 2.56. The number of aliphatic imine (C=N–C) groups is 1. The van der Waals surface area contributed by atoms with E-state index in [0.717, 1.165) is 33.3 Å². The molecule has 6 nitrogen and oxygen atoms in total. The summed E-state index contributed by atoms with van der Waals surface area (Å²) in [4.78, 5) is 24.4. The third-order valence-corrected chi connectivity index (χ3v) is 4.29. The molecular formula is C18H16ClN5O. The fraction of sp³-hybridized carbons (Fsp3) is 0.111. The van der Waals surface area contributed by atoms with Crippen LogP contribution in [0.4, 0.5) is 0 Å². The molecule has 0 aliphatic rings. The first-order valence-corrected chi connectivity index (χ1v) is 7.91. The molecule has 0 fully saturated rings. The number of nitrogens with two attached hydrogens (primary N) is 2. The van der Waals surface area contributed by atoms with E-state index in [1.54, 1.807) is 30.6 Å². The second-order valence-electron chi connectivity index (χ2n) is 5.63. The topological polar surface area (TPSA) is 107 Å². The molecule has 0 aliphatic heterocycles. The molecule has 0 bridgehead atoms. The van der Waals surface area contributed by atoms with E-state index < -0.39 is 5.91 Å². The lowest BCUT2D eigenvalue weighted by Gasteiger charge is -2.14. The highest BCUT2D eigenvalue weighted by Gasteiger charge is 2.16. The molecule has 0 saturated heterocycles. The molecule has 0 aliphatic carbocycles. The van der Waals surface area contributed by atoms with Crippen molar-refractivity contribution in [2.24, 2.45) is 16.5 Å². The van der Waals surface area contributed by atoms with Crippen molar-refractivity contribution in [3.05, 3.63) is 58.5 Å². The molecule has 25 heavy (non-hydrogen) atoms. The Bertz CT molecular complexity index is 1030. The highest BCUT2D eigenvalue weighted by atomic mass is 35.5. The molecule has 3 rings (SSSR count). The Morgan fingerprint density at radius 2 is 1.96 bits per heavy atom. The van der Waals surface area contributed by atoms with Crippen molar-refractivity contribution in [3.8, 4) is 11.1 Å². The number of amides is 1. The van der Waals surface area contributed by atoms with Gasteiger partial charge in [0.15, 0.2) is 5.96 Å². The maximum atomic E-state index is 12.2. The van der Waals surface area contributed by atoms with E-state index in [9.17, 15) is 4.79 Å². The minimum absolute atomic E-state index is 0.277. The summed E-state index contributed by atoms with van der Waals surface area (Å²) in [5, 5.41) is 1.33. The minimum Gasteiger partial charge on any atom is -0.370 e. The van der Waals surface area contributed by atoms with Gasteiger partial charge in [0.1, 0.15) is 0 Å². The van der Waals surface area contributed by atoms with Gasteiger partial charge in [-0.2, -0.15) is 4.99 Å². The number of halogens is 1. The van der Waals surface area contributed by atoms with Crippen LogP contribution in [-0.4, -0.2) is 21.8 Å². The summed E-state index contributed by atoms with van der Waals surface area (Å²) >= 11 is 6.35. The van der Waals surface area contributed by atoms with Crippen molar-refractivity contribution in [2.75, 3.05) is 0 Å². The second-order valence-corrected chi connectivity index (χ2v) is 6.03. The minimum atomic E-state index is -0.507. The first kappa shape index (κ1) is 16.9. The molecule has 0 saturated carbocycles. The number of pyridine rings is 2. The maximum absolute atomic E-state index is 12.2. The molecule has 0 atom stereocenters. The zero-order valence-electron chi connectivity index (χ0n) is 13.7. The van der Waals surface area contributed by atoms with Gasteiger partial charge in [0.05, 0.1) is 10.5 Å². The van der Waals surface area contributed by atoms with Gasteiger partial charge in [-0.1, -0.05) is 11.6 Å². The number of rotatable bonds is 2. The lowest BCUT2D eigenvalue weighted by molar-refractivity contribution is 0.100. The number of hydrogen-bond donors (Lipinski definition) is 2. The molecule has 7 heteroatoms. The summed E-state index contributed by atoms with van der Waals surface area (Å²) in [5.74, 6) is -0.785. The van der Waals surface area contributed by atoms with E-state index in [4.69, 9.17) is 23.1 Å². The van der Waals surface area contributed by atoms with Gasteiger partial charge in [0.25, 0.3) is 5.91 Å². The van der Waals surface area contributed by atoms with Crippen LogP contribution in [0.3, 0.4) is 0 Å². The molecule has 0 spiro atoms. The molecule has 126 valence electrons. The second kappa shape index (κ2) is 6.49. The number of carbonyl (C=O) groups excluding carboxylic acids is 1. The molecule has 0 unspecified atom stereocenters. The van der Waals surface area contributed by atoms with Crippen LogP contribution in [0.15, 0.2) is 41.7 Å². The van der Waals surface area contributed by atoms with Gasteiger partial charge in [-0.15, -0.1) is 0 Å². The summed E-state index contributed by atoms with van der Waals surface area (Å²) in [5.41, 5.74) is 15.3. The number of guanidine groups is 1. The van der Waals surface area contributed by atoms with Crippen molar-refractivity contribution in [3.63, 3.8) is 0 Å². The standard InChI is InChI=1S/C18H16ClN5O/c1-9-10(2)23-15-4-3-11(17(25)24-18(20)21)7-13(15)16(9)12-5-6-22-8-14(12)19/h3-8H,1-2H3,(H4,20,21,24,25). The smallest absolute Gasteiger partial charge is 0.280 e. The number of aromatic nitrogens is 2. The number of hydrogen-bond acceptors (Lipinski definition) is 3. The molecule has 2 heterocycles. The van der Waals surface area contributed by atoms with Crippen molar-refractivity contribution in [1.82, 2.24) is 9.97 Å². The summed E-state index contributed by atoms with van der Waals surface area (Å²) in [6.07, 6.45) is 3.27. The highest BCUT2D eigenvalue weighted by molar-refractivity contribution is 6.33. The molecule has 1 aromatic carbocycles. The number of aryl methyl sites for hydroxylation is 1. The van der Waals surface area contributed by atoms with E-state index in [2.05, 4.69) is 15.0 Å². The van der Waals surface area contributed by atoms with Crippen LogP contribution in [0.2, 0.25) is 5.02 Å². The van der Waals surface area contributed by atoms with Crippen LogP contribution in [0, 0.1) is 13.8 Å². The first-order valence-electron chi connectivity index (χ1n) is 7.53. The fourth-order valence-corrected chi connectivity index (χ4v) is 2.93. The quantitative estimate of drug-likeness (QED) is 0.544. The molecule has 1 amide bonds. The highest BCUT2D eigenvalue weighted by Crippen LogP contribution is 2.36. The van der Waals surface area contributed by atoms with Gasteiger partial charge in [0.2, 0.25) is 0 Å². The van der Waals surface area contributed by atoms with Gasteiger partial charge in [-0.25, -0.2) is 0 Å². The van der Waals surface area contributed by atoms with E-state index in [0.29, 0.717) is 10.6 Å². The van der Waals surface area contributed by atoms with Gasteiger partial charge >= 0.3 is 0 Å². The molecule has 0 radical (unpaired) electrons. The van der Waals surface area contributed by atoms with E-state index in [1.807, 2.05) is 19.9 Å². The zero-order valence-corrected chi connectivity index (χ0v) is 14.5. The fourth-order valence-electron chi connectivity index (χ4n) is 2.72. The Kier molecular flexibility index (Phi) is 4.37. The number of benzene rings is 1. The van der Waals surface area contributed by atoms with Crippen LogP contribution in [0.5, 0.6) is 0 Å². The molecule has 2 aromatic heterocycles. The van der Waals surface area contributed by atoms with Crippen molar-refractivity contribution >= 4 is 34.4 Å². The third-order valence-electron chi connectivity index (χ3n) is 3.99. The van der Waals surface area contributed by atoms with Gasteiger partial charge < -0.3 is 11.5 Å². The Labute approximate surface area is 149 Å². The van der Waals surface area contributed by atoms with Gasteiger partial charge in [-0.05, 0) is 49.2 Å². The Morgan fingerprint density at radius 1 is 1.20 bits per heavy atom. The van der Waals surface area contributed by atoms with Crippen LogP contribution in [-0.2, 0) is 0 Å². The predicted molar refractivity (Wildman–Crippen MR) is 99.6 cm³/mol. The number of nitrogens with zero attached hydrogens (tertiary/aromatic N) is 3. The Hall–Kier alpha value is -2.99. The summed E-state index contributed by atoms with van der Waals surface area (Å²) in [6.45, 7) is 3.91. The molecule has 3 aromatic rings.